The lowest BCUT2D eigenvalue weighted by atomic mass is 10.1. The van der Waals surface area contributed by atoms with Crippen molar-refractivity contribution in [3.05, 3.63) is 88.4 Å². The summed E-state index contributed by atoms with van der Waals surface area (Å²) in [5.41, 5.74) is 0.939. The van der Waals surface area contributed by atoms with Crippen LogP contribution in [-0.2, 0) is 26.2 Å². The number of nitrogens with one attached hydrogen (secondary N) is 1. The molecule has 11 heteroatoms. The number of carbonyl (C=O) groups excluding carboxylic acids is 2. The van der Waals surface area contributed by atoms with Gasteiger partial charge in [0, 0.05) is 13.1 Å². The molecule has 0 unspecified atom stereocenters. The number of nitrogens with zero attached hydrogens (tertiary/aromatic N) is 2. The standard InChI is InChI=1S/C28H31Cl2N3O5S/c1-4-31-28(35)20(3)32(18-21-11-16-25(29)26(30)17-21)27(34)19-33(22-9-7-6-8-10-22)39(36,37)24-14-12-23(13-15-24)38-5-2/h6-17,20H,4-5,18-19H2,1-3H3,(H,31,35)/t20-/m1/s1. The number of hydrogen-bond acceptors (Lipinski definition) is 5. The number of para-hydroxylation sites is 1. The molecule has 0 aliphatic heterocycles. The van der Waals surface area contributed by atoms with Crippen molar-refractivity contribution in [1.29, 1.82) is 0 Å². The number of benzene rings is 3. The van der Waals surface area contributed by atoms with Crippen LogP contribution in [0.25, 0.3) is 0 Å². The van der Waals surface area contributed by atoms with Crippen molar-refractivity contribution in [2.45, 2.75) is 38.3 Å². The third-order valence-corrected chi connectivity index (χ3v) is 8.43. The fraction of sp³-hybridized carbons (Fsp3) is 0.286. The van der Waals surface area contributed by atoms with E-state index in [9.17, 15) is 18.0 Å². The Kier molecular flexibility index (Phi) is 10.6. The number of ether oxygens (including phenoxy) is 1. The lowest BCUT2D eigenvalue weighted by Crippen LogP contribution is -2.51. The number of sulfonamides is 1. The predicted octanol–water partition coefficient (Wildman–Crippen LogP) is 5.14. The van der Waals surface area contributed by atoms with Crippen LogP contribution in [0.2, 0.25) is 10.0 Å². The van der Waals surface area contributed by atoms with Crippen LogP contribution in [0.1, 0.15) is 26.3 Å². The number of anilines is 1. The molecule has 3 aromatic carbocycles. The molecule has 0 saturated heterocycles. The van der Waals surface area contributed by atoms with Crippen molar-refractivity contribution < 1.29 is 22.7 Å². The van der Waals surface area contributed by atoms with E-state index in [1.807, 2.05) is 6.92 Å². The van der Waals surface area contributed by atoms with Crippen LogP contribution in [-0.4, -0.2) is 50.9 Å². The zero-order valence-corrected chi connectivity index (χ0v) is 24.3. The molecule has 0 bridgehead atoms. The molecule has 3 aromatic rings. The molecule has 1 N–H and O–H groups in total. The Balaban J connectivity index is 2.00. The average Bonchev–Trinajstić information content (AvgIpc) is 2.92. The maximum Gasteiger partial charge on any atom is 0.264 e. The van der Waals surface area contributed by atoms with Gasteiger partial charge in [0.2, 0.25) is 11.8 Å². The third kappa shape index (κ3) is 7.65. The Labute approximate surface area is 239 Å². The van der Waals surface area contributed by atoms with E-state index in [0.29, 0.717) is 40.2 Å². The van der Waals surface area contributed by atoms with E-state index in [-0.39, 0.29) is 17.3 Å². The second-order valence-corrected chi connectivity index (χ2v) is 11.3. The van der Waals surface area contributed by atoms with Gasteiger partial charge in [-0.25, -0.2) is 8.42 Å². The molecular formula is C28H31Cl2N3O5S. The van der Waals surface area contributed by atoms with E-state index in [2.05, 4.69) is 5.32 Å². The highest BCUT2D eigenvalue weighted by Gasteiger charge is 2.32. The molecule has 0 aliphatic carbocycles. The third-order valence-electron chi connectivity index (χ3n) is 5.90. The number of carbonyl (C=O) groups is 2. The van der Waals surface area contributed by atoms with Gasteiger partial charge in [0.1, 0.15) is 18.3 Å². The maximum atomic E-state index is 13.8. The fourth-order valence-electron chi connectivity index (χ4n) is 3.86. The fourth-order valence-corrected chi connectivity index (χ4v) is 5.60. The van der Waals surface area contributed by atoms with Crippen molar-refractivity contribution in [2.75, 3.05) is 24.0 Å². The molecule has 0 aromatic heterocycles. The molecule has 0 radical (unpaired) electrons. The van der Waals surface area contributed by atoms with Crippen LogP contribution in [0.4, 0.5) is 5.69 Å². The monoisotopic (exact) mass is 591 g/mol. The molecule has 208 valence electrons. The van der Waals surface area contributed by atoms with Gasteiger partial charge in [-0.1, -0.05) is 47.5 Å². The molecule has 39 heavy (non-hydrogen) atoms. The quantitative estimate of drug-likeness (QED) is 0.314. The molecular weight excluding hydrogens is 561 g/mol. The lowest BCUT2D eigenvalue weighted by molar-refractivity contribution is -0.139. The second-order valence-electron chi connectivity index (χ2n) is 8.59. The summed E-state index contributed by atoms with van der Waals surface area (Å²) in [7, 11) is -4.16. The normalized spacial score (nSPS) is 11.9. The highest BCUT2D eigenvalue weighted by atomic mass is 35.5. The van der Waals surface area contributed by atoms with Crippen molar-refractivity contribution in [3.63, 3.8) is 0 Å². The van der Waals surface area contributed by atoms with Crippen LogP contribution in [0, 0.1) is 0 Å². The Morgan fingerprint density at radius 1 is 0.949 bits per heavy atom. The molecule has 8 nitrogen and oxygen atoms in total. The van der Waals surface area contributed by atoms with Crippen molar-refractivity contribution in [3.8, 4) is 5.75 Å². The number of rotatable bonds is 12. The number of hydrogen-bond donors (Lipinski definition) is 1. The summed E-state index contributed by atoms with van der Waals surface area (Å²) in [5.74, 6) is -0.410. The van der Waals surface area contributed by atoms with Crippen LogP contribution < -0.4 is 14.4 Å². The van der Waals surface area contributed by atoms with Crippen molar-refractivity contribution in [1.82, 2.24) is 10.2 Å². The molecule has 0 saturated carbocycles. The van der Waals surface area contributed by atoms with Gasteiger partial charge in [-0.2, -0.15) is 0 Å². The summed E-state index contributed by atoms with van der Waals surface area (Å²) < 4.78 is 34.1. The van der Waals surface area contributed by atoms with E-state index >= 15 is 0 Å². The Morgan fingerprint density at radius 3 is 2.21 bits per heavy atom. The predicted molar refractivity (Wildman–Crippen MR) is 154 cm³/mol. The Bertz CT molecular complexity index is 1390. The topological polar surface area (TPSA) is 96.0 Å². The summed E-state index contributed by atoms with van der Waals surface area (Å²) in [5, 5.41) is 3.38. The second kappa shape index (κ2) is 13.7. The van der Waals surface area contributed by atoms with Gasteiger partial charge in [0.15, 0.2) is 0 Å². The zero-order valence-electron chi connectivity index (χ0n) is 21.9. The lowest BCUT2D eigenvalue weighted by Gasteiger charge is -2.32. The van der Waals surface area contributed by atoms with Crippen LogP contribution in [0.5, 0.6) is 5.75 Å². The first-order chi connectivity index (χ1) is 18.6. The Hall–Kier alpha value is -3.27. The van der Waals surface area contributed by atoms with E-state index in [4.69, 9.17) is 27.9 Å². The van der Waals surface area contributed by atoms with Gasteiger partial charge in [-0.05, 0) is 74.9 Å². The molecule has 2 amide bonds. The molecule has 0 aliphatic rings. The number of halogens is 2. The summed E-state index contributed by atoms with van der Waals surface area (Å²) in [6, 6.07) is 18.4. The first kappa shape index (κ1) is 30.3. The van der Waals surface area contributed by atoms with Gasteiger partial charge in [0.05, 0.1) is 27.2 Å². The van der Waals surface area contributed by atoms with Crippen LogP contribution >= 0.6 is 23.2 Å². The van der Waals surface area contributed by atoms with E-state index in [0.717, 1.165) is 4.31 Å². The highest BCUT2D eigenvalue weighted by molar-refractivity contribution is 7.92. The first-order valence-electron chi connectivity index (χ1n) is 12.4. The van der Waals surface area contributed by atoms with E-state index < -0.39 is 28.5 Å². The van der Waals surface area contributed by atoms with Crippen LogP contribution in [0.3, 0.4) is 0 Å². The number of amides is 2. The maximum absolute atomic E-state index is 13.8. The zero-order chi connectivity index (χ0) is 28.6. The minimum absolute atomic E-state index is 0.00425. The molecule has 1 atom stereocenters. The number of likely N-dealkylation sites (N-methyl/N-ethyl adjacent to an activating group) is 1. The Morgan fingerprint density at radius 2 is 1.62 bits per heavy atom. The van der Waals surface area contributed by atoms with Gasteiger partial charge in [0.25, 0.3) is 10.0 Å². The minimum Gasteiger partial charge on any atom is -0.494 e. The van der Waals surface area contributed by atoms with Gasteiger partial charge in [-0.3, -0.25) is 13.9 Å². The smallest absolute Gasteiger partial charge is 0.264 e. The molecule has 0 spiro atoms. The van der Waals surface area contributed by atoms with Gasteiger partial charge >= 0.3 is 0 Å². The van der Waals surface area contributed by atoms with Gasteiger partial charge < -0.3 is 15.0 Å². The van der Waals surface area contributed by atoms with Crippen molar-refractivity contribution >= 4 is 50.7 Å². The summed E-state index contributed by atoms with van der Waals surface area (Å²) in [6.45, 7) is 5.49. The minimum atomic E-state index is -4.16. The molecule has 0 fully saturated rings. The average molecular weight is 593 g/mol. The molecule has 0 heterocycles. The summed E-state index contributed by atoms with van der Waals surface area (Å²) >= 11 is 12.2. The van der Waals surface area contributed by atoms with Gasteiger partial charge in [-0.15, -0.1) is 0 Å². The summed E-state index contributed by atoms with van der Waals surface area (Å²) in [4.78, 5) is 27.9. The first-order valence-corrected chi connectivity index (χ1v) is 14.6. The molecule has 3 rings (SSSR count). The van der Waals surface area contributed by atoms with E-state index in [1.54, 1.807) is 74.5 Å². The van der Waals surface area contributed by atoms with E-state index in [1.165, 1.54) is 17.0 Å². The highest BCUT2D eigenvalue weighted by Crippen LogP contribution is 2.27. The largest absolute Gasteiger partial charge is 0.494 e. The SMILES string of the molecule is CCNC(=O)[C@@H](C)N(Cc1ccc(Cl)c(Cl)c1)C(=O)CN(c1ccccc1)S(=O)(=O)c1ccc(OCC)cc1. The van der Waals surface area contributed by atoms with Crippen molar-refractivity contribution in [2.24, 2.45) is 0 Å². The summed E-state index contributed by atoms with van der Waals surface area (Å²) in [6.07, 6.45) is 0. The van der Waals surface area contributed by atoms with Crippen LogP contribution in [0.15, 0.2) is 77.7 Å².